The van der Waals surface area contributed by atoms with E-state index in [2.05, 4.69) is 20.6 Å². The van der Waals surface area contributed by atoms with Gasteiger partial charge in [-0.15, -0.1) is 0 Å². The van der Waals surface area contributed by atoms with E-state index in [1.807, 2.05) is 0 Å². The number of benzene rings is 1. The molecule has 4 aliphatic carbocycles. The zero-order chi connectivity index (χ0) is 22.7. The molecule has 0 unspecified atom stereocenters. The van der Waals surface area contributed by atoms with Crippen molar-refractivity contribution in [3.8, 4) is 0 Å². The lowest BCUT2D eigenvalue weighted by molar-refractivity contribution is -0.383. The normalized spacial score (nSPS) is 28.6. The molecule has 0 amide bonds. The molecule has 11 heteroatoms. The fourth-order valence-electron chi connectivity index (χ4n) is 6.17. The first-order valence-corrected chi connectivity index (χ1v) is 10.9. The van der Waals surface area contributed by atoms with Gasteiger partial charge in [-0.25, -0.2) is 9.97 Å². The second-order valence-corrected chi connectivity index (χ2v) is 9.72. The summed E-state index contributed by atoms with van der Waals surface area (Å²) in [6, 6.07) is 2.75. The first-order valence-electron chi connectivity index (χ1n) is 10.5. The van der Waals surface area contributed by atoms with Gasteiger partial charge in [-0.1, -0.05) is 11.6 Å². The molecule has 1 aromatic heterocycles. The second-order valence-electron chi connectivity index (χ2n) is 9.32. The standard InChI is InChI=1S/C21H21ClF3N5O2/c22-15-2-1-14(21(23,24)25)6-16(15)28-18-17(30(31)32)19(27-10-26-18)29-20-7-11-3-12(8-20)5-13(4-11)9-20/h1-2,6,10-13H,3-5,7-9H2,(H2,26,27,28,29). The third kappa shape index (κ3) is 3.85. The average Bonchev–Trinajstić information content (AvgIpc) is 2.67. The van der Waals surface area contributed by atoms with Crippen molar-refractivity contribution in [2.24, 2.45) is 17.8 Å². The van der Waals surface area contributed by atoms with Crippen molar-refractivity contribution in [3.63, 3.8) is 0 Å². The molecule has 0 saturated heterocycles. The molecule has 0 radical (unpaired) electrons. The van der Waals surface area contributed by atoms with E-state index < -0.39 is 22.4 Å². The Bertz CT molecular complexity index is 1040. The first kappa shape index (κ1) is 21.2. The van der Waals surface area contributed by atoms with Gasteiger partial charge in [0.05, 0.1) is 21.2 Å². The summed E-state index contributed by atoms with van der Waals surface area (Å²) in [5, 5.41) is 17.9. The number of anilines is 3. The maximum absolute atomic E-state index is 13.1. The number of hydrogen-bond donors (Lipinski definition) is 2. The van der Waals surface area contributed by atoms with Gasteiger partial charge in [-0.05, 0) is 74.5 Å². The Morgan fingerprint density at radius 3 is 2.22 bits per heavy atom. The molecule has 4 aliphatic rings. The summed E-state index contributed by atoms with van der Waals surface area (Å²) in [7, 11) is 0. The molecule has 4 bridgehead atoms. The highest BCUT2D eigenvalue weighted by Gasteiger charge is 2.51. The van der Waals surface area contributed by atoms with Crippen LogP contribution in [0.2, 0.25) is 5.02 Å². The Balaban J connectivity index is 1.48. The summed E-state index contributed by atoms with van der Waals surface area (Å²) < 4.78 is 39.3. The quantitative estimate of drug-likeness (QED) is 0.403. The van der Waals surface area contributed by atoms with Gasteiger partial charge in [0.2, 0.25) is 11.6 Å². The lowest BCUT2D eigenvalue weighted by Gasteiger charge is -2.57. The van der Waals surface area contributed by atoms with Gasteiger partial charge in [-0.2, -0.15) is 13.2 Å². The first-order chi connectivity index (χ1) is 15.1. The molecule has 32 heavy (non-hydrogen) atoms. The van der Waals surface area contributed by atoms with Crippen LogP contribution in [0, 0.1) is 27.9 Å². The van der Waals surface area contributed by atoms with Crippen molar-refractivity contribution in [2.75, 3.05) is 10.6 Å². The second kappa shape index (κ2) is 7.47. The highest BCUT2D eigenvalue weighted by molar-refractivity contribution is 6.33. The van der Waals surface area contributed by atoms with Gasteiger partial charge in [0, 0.05) is 5.54 Å². The van der Waals surface area contributed by atoms with Gasteiger partial charge >= 0.3 is 11.9 Å². The monoisotopic (exact) mass is 467 g/mol. The van der Waals surface area contributed by atoms with Crippen LogP contribution in [0.3, 0.4) is 0 Å². The minimum Gasteiger partial charge on any atom is -0.359 e. The fraction of sp³-hybridized carbons (Fsp3) is 0.524. The summed E-state index contributed by atoms with van der Waals surface area (Å²) in [5.74, 6) is 1.74. The number of rotatable bonds is 5. The van der Waals surface area contributed by atoms with Gasteiger partial charge < -0.3 is 10.6 Å². The van der Waals surface area contributed by atoms with Crippen molar-refractivity contribution in [1.29, 1.82) is 0 Å². The van der Waals surface area contributed by atoms with Gasteiger partial charge in [-0.3, -0.25) is 10.1 Å². The third-order valence-corrected chi connectivity index (χ3v) is 7.30. The number of hydrogen-bond acceptors (Lipinski definition) is 6. The molecule has 1 aromatic carbocycles. The summed E-state index contributed by atoms with van der Waals surface area (Å²) >= 11 is 6.05. The van der Waals surface area contributed by atoms with Crippen LogP contribution < -0.4 is 10.6 Å². The van der Waals surface area contributed by atoms with Crippen LogP contribution in [0.15, 0.2) is 24.5 Å². The zero-order valence-electron chi connectivity index (χ0n) is 17.0. The van der Waals surface area contributed by atoms with Crippen LogP contribution in [0.25, 0.3) is 0 Å². The van der Waals surface area contributed by atoms with Crippen LogP contribution in [-0.2, 0) is 6.18 Å². The Labute approximate surface area is 186 Å². The smallest absolute Gasteiger partial charge is 0.359 e. The number of aromatic nitrogens is 2. The van der Waals surface area contributed by atoms with Gasteiger partial charge in [0.1, 0.15) is 6.33 Å². The van der Waals surface area contributed by atoms with Gasteiger partial charge in [0.15, 0.2) is 0 Å². The number of alkyl halides is 3. The van der Waals surface area contributed by atoms with E-state index in [9.17, 15) is 23.3 Å². The molecule has 0 aliphatic heterocycles. The van der Waals surface area contributed by atoms with Crippen LogP contribution in [0.4, 0.5) is 36.2 Å². The summed E-state index contributed by atoms with van der Waals surface area (Å²) in [5.41, 5.74) is -1.69. The molecule has 4 fully saturated rings. The molecule has 1 heterocycles. The third-order valence-electron chi connectivity index (χ3n) is 6.97. The maximum Gasteiger partial charge on any atom is 0.416 e. The molecule has 0 spiro atoms. The molecule has 6 rings (SSSR count). The number of nitrogens with one attached hydrogen (secondary N) is 2. The molecule has 7 nitrogen and oxygen atoms in total. The molecular weight excluding hydrogens is 447 g/mol. The molecule has 2 aromatic rings. The minimum atomic E-state index is -4.58. The van der Waals surface area contributed by atoms with Crippen LogP contribution in [-0.4, -0.2) is 20.4 Å². The van der Waals surface area contributed by atoms with Crippen LogP contribution in [0.5, 0.6) is 0 Å². The van der Waals surface area contributed by atoms with Crippen molar-refractivity contribution >= 4 is 34.6 Å². The highest BCUT2D eigenvalue weighted by Crippen LogP contribution is 2.57. The maximum atomic E-state index is 13.1. The summed E-state index contributed by atoms with van der Waals surface area (Å²) in [6.45, 7) is 0. The molecule has 170 valence electrons. The Kier molecular flexibility index (Phi) is 4.96. The van der Waals surface area contributed by atoms with E-state index in [1.165, 1.54) is 25.6 Å². The zero-order valence-corrected chi connectivity index (χ0v) is 17.7. The lowest BCUT2D eigenvalue weighted by atomic mass is 9.53. The Morgan fingerprint density at radius 2 is 1.66 bits per heavy atom. The van der Waals surface area contributed by atoms with E-state index in [1.54, 1.807) is 0 Å². The predicted octanol–water partition coefficient (Wildman–Crippen LogP) is 6.18. The van der Waals surface area contributed by atoms with Crippen molar-refractivity contribution < 1.29 is 18.1 Å². The average molecular weight is 468 g/mol. The van der Waals surface area contributed by atoms with Gasteiger partial charge in [0.25, 0.3) is 0 Å². The minimum absolute atomic E-state index is 0.0125. The molecular formula is C21H21ClF3N5O2. The van der Waals surface area contributed by atoms with Crippen molar-refractivity contribution in [2.45, 2.75) is 50.2 Å². The number of nitro groups is 1. The number of nitrogens with zero attached hydrogens (tertiary/aromatic N) is 3. The Morgan fingerprint density at radius 1 is 1.06 bits per heavy atom. The SMILES string of the molecule is O=[N+]([O-])c1c(Nc2cc(C(F)(F)F)ccc2Cl)ncnc1NC12CC3CC(CC(C3)C1)C2. The molecule has 4 saturated carbocycles. The lowest BCUT2D eigenvalue weighted by Crippen LogP contribution is -2.55. The molecule has 0 atom stereocenters. The highest BCUT2D eigenvalue weighted by atomic mass is 35.5. The Hall–Kier alpha value is -2.62. The van der Waals surface area contributed by atoms with E-state index >= 15 is 0 Å². The van der Waals surface area contributed by atoms with E-state index in [4.69, 9.17) is 11.6 Å². The van der Waals surface area contributed by atoms with E-state index in [-0.39, 0.29) is 27.9 Å². The summed E-state index contributed by atoms with van der Waals surface area (Å²) in [4.78, 5) is 19.4. The van der Waals surface area contributed by atoms with Crippen LogP contribution >= 0.6 is 11.6 Å². The number of halogens is 4. The molecule has 2 N–H and O–H groups in total. The van der Waals surface area contributed by atoms with E-state index in [0.29, 0.717) is 17.8 Å². The van der Waals surface area contributed by atoms with Crippen molar-refractivity contribution in [1.82, 2.24) is 9.97 Å². The largest absolute Gasteiger partial charge is 0.416 e. The summed E-state index contributed by atoms with van der Waals surface area (Å²) in [6.07, 6.45) is 3.08. The van der Waals surface area contributed by atoms with Crippen LogP contribution in [0.1, 0.15) is 44.1 Å². The topological polar surface area (TPSA) is 93.0 Å². The predicted molar refractivity (Wildman–Crippen MR) is 113 cm³/mol. The van der Waals surface area contributed by atoms with Crippen molar-refractivity contribution in [3.05, 3.63) is 45.2 Å². The fourth-order valence-corrected chi connectivity index (χ4v) is 6.34. The van der Waals surface area contributed by atoms with E-state index in [0.717, 1.165) is 37.5 Å².